The Morgan fingerprint density at radius 1 is 1.50 bits per heavy atom. The molecule has 2 N–H and O–H groups in total. The number of aromatic nitrogens is 1. The van der Waals surface area contributed by atoms with E-state index in [4.69, 9.17) is 5.73 Å². The van der Waals surface area contributed by atoms with Crippen LogP contribution in [0.1, 0.15) is 12.5 Å². The van der Waals surface area contributed by atoms with Crippen molar-refractivity contribution < 1.29 is 17.9 Å². The van der Waals surface area contributed by atoms with Crippen molar-refractivity contribution in [3.8, 4) is 0 Å². The molecule has 1 atom stereocenters. The summed E-state index contributed by atoms with van der Waals surface area (Å²) in [4.78, 5) is 0. The van der Waals surface area contributed by atoms with Crippen LogP contribution in [0, 0.1) is 0 Å². The highest BCUT2D eigenvalue weighted by Gasteiger charge is 2.27. The van der Waals surface area contributed by atoms with Crippen molar-refractivity contribution >= 4 is 0 Å². The number of halogens is 3. The molecular formula is C10H15F3N2O. The highest BCUT2D eigenvalue weighted by atomic mass is 19.4. The van der Waals surface area contributed by atoms with Crippen molar-refractivity contribution in [1.82, 2.24) is 4.57 Å². The molecule has 0 saturated heterocycles. The maximum atomic E-state index is 11.8. The fraction of sp³-hybridized carbons (Fsp3) is 0.600. The van der Waals surface area contributed by atoms with Crippen LogP contribution in [0.15, 0.2) is 18.5 Å². The zero-order chi connectivity index (χ0) is 12.2. The molecule has 0 bridgehead atoms. The molecule has 0 amide bonds. The van der Waals surface area contributed by atoms with E-state index in [0.29, 0.717) is 6.42 Å². The molecule has 0 radical (unpaired) electrons. The molecule has 16 heavy (non-hydrogen) atoms. The zero-order valence-corrected chi connectivity index (χ0v) is 9.00. The summed E-state index contributed by atoms with van der Waals surface area (Å²) < 4.78 is 41.4. The Kier molecular flexibility index (Phi) is 4.37. The summed E-state index contributed by atoms with van der Waals surface area (Å²) in [6, 6.07) is 1.85. The molecule has 6 heteroatoms. The monoisotopic (exact) mass is 236 g/mol. The Bertz CT molecular complexity index is 320. The Hall–Kier alpha value is -1.01. The molecule has 0 aliphatic heterocycles. The van der Waals surface area contributed by atoms with Crippen molar-refractivity contribution in [2.24, 2.45) is 5.73 Å². The van der Waals surface area contributed by atoms with Gasteiger partial charge in [0, 0.05) is 18.4 Å². The van der Waals surface area contributed by atoms with Crippen molar-refractivity contribution in [3.63, 3.8) is 0 Å². The van der Waals surface area contributed by atoms with Crippen molar-refractivity contribution in [2.45, 2.75) is 32.3 Å². The zero-order valence-electron chi connectivity index (χ0n) is 9.00. The smallest absolute Gasteiger partial charge is 0.351 e. The number of rotatable bonds is 5. The topological polar surface area (TPSA) is 40.2 Å². The largest absolute Gasteiger partial charge is 0.411 e. The molecule has 92 valence electrons. The van der Waals surface area contributed by atoms with E-state index < -0.39 is 12.8 Å². The first-order valence-electron chi connectivity index (χ1n) is 4.91. The summed E-state index contributed by atoms with van der Waals surface area (Å²) >= 11 is 0. The van der Waals surface area contributed by atoms with Crippen LogP contribution in [-0.4, -0.2) is 23.4 Å². The van der Waals surface area contributed by atoms with E-state index in [1.165, 1.54) is 0 Å². The van der Waals surface area contributed by atoms with Crippen LogP contribution in [0.25, 0.3) is 0 Å². The summed E-state index contributed by atoms with van der Waals surface area (Å²) in [7, 11) is 0. The lowest BCUT2D eigenvalue weighted by Crippen LogP contribution is -2.18. The second kappa shape index (κ2) is 5.36. The van der Waals surface area contributed by atoms with Gasteiger partial charge in [-0.05, 0) is 25.0 Å². The van der Waals surface area contributed by atoms with E-state index in [1.54, 1.807) is 17.0 Å². The maximum absolute atomic E-state index is 11.8. The van der Waals surface area contributed by atoms with Gasteiger partial charge in [0.2, 0.25) is 0 Å². The minimum Gasteiger partial charge on any atom is -0.351 e. The molecule has 3 nitrogen and oxygen atoms in total. The van der Waals surface area contributed by atoms with Gasteiger partial charge in [-0.1, -0.05) is 0 Å². The molecule has 0 aliphatic carbocycles. The van der Waals surface area contributed by atoms with Gasteiger partial charge in [0.1, 0.15) is 13.3 Å². The first-order valence-corrected chi connectivity index (χ1v) is 4.91. The minimum absolute atomic E-state index is 0.0342. The van der Waals surface area contributed by atoms with Crippen molar-refractivity contribution in [1.29, 1.82) is 0 Å². The van der Waals surface area contributed by atoms with Crippen LogP contribution in [0.3, 0.4) is 0 Å². The van der Waals surface area contributed by atoms with Crippen molar-refractivity contribution in [3.05, 3.63) is 24.0 Å². The Balaban J connectivity index is 2.35. The Morgan fingerprint density at radius 2 is 2.19 bits per heavy atom. The second-order valence-electron chi connectivity index (χ2n) is 3.81. The van der Waals surface area contributed by atoms with Crippen LogP contribution in [0.5, 0.6) is 0 Å². The second-order valence-corrected chi connectivity index (χ2v) is 3.81. The number of nitrogens with zero attached hydrogens (tertiary/aromatic N) is 1. The van der Waals surface area contributed by atoms with Crippen LogP contribution < -0.4 is 5.73 Å². The predicted octanol–water partition coefficient (Wildman–Crippen LogP) is 1.91. The van der Waals surface area contributed by atoms with Crippen LogP contribution in [0.2, 0.25) is 0 Å². The molecule has 0 fully saturated rings. The average Bonchev–Trinajstić information content (AvgIpc) is 2.49. The van der Waals surface area contributed by atoms with E-state index in [1.807, 2.05) is 13.0 Å². The number of alkyl halides is 3. The van der Waals surface area contributed by atoms with Crippen LogP contribution in [-0.2, 0) is 17.9 Å². The quantitative estimate of drug-likeness (QED) is 0.848. The van der Waals surface area contributed by atoms with Gasteiger partial charge in [0.25, 0.3) is 0 Å². The van der Waals surface area contributed by atoms with E-state index in [9.17, 15) is 13.2 Å². The Morgan fingerprint density at radius 3 is 2.75 bits per heavy atom. The number of hydrogen-bond acceptors (Lipinski definition) is 2. The van der Waals surface area contributed by atoms with Gasteiger partial charge < -0.3 is 15.0 Å². The maximum Gasteiger partial charge on any atom is 0.411 e. The van der Waals surface area contributed by atoms with Gasteiger partial charge in [-0.15, -0.1) is 0 Å². The normalized spacial score (nSPS) is 14.1. The molecule has 0 aliphatic rings. The third-order valence-electron chi connectivity index (χ3n) is 1.88. The van der Waals surface area contributed by atoms with Gasteiger partial charge >= 0.3 is 6.18 Å². The third-order valence-corrected chi connectivity index (χ3v) is 1.88. The average molecular weight is 236 g/mol. The first kappa shape index (κ1) is 13.1. The van der Waals surface area contributed by atoms with Gasteiger partial charge in [-0.3, -0.25) is 0 Å². The van der Waals surface area contributed by atoms with Crippen LogP contribution >= 0.6 is 0 Å². The molecule has 0 spiro atoms. The molecule has 1 aromatic heterocycles. The highest BCUT2D eigenvalue weighted by molar-refractivity contribution is 5.11. The number of ether oxygens (including phenoxy) is 1. The lowest BCUT2D eigenvalue weighted by atomic mass is 10.1. The SMILES string of the molecule is CC(N)Cc1ccn(COCC(F)(F)F)c1. The van der Waals surface area contributed by atoms with E-state index in [0.717, 1.165) is 5.56 Å². The summed E-state index contributed by atoms with van der Waals surface area (Å²) in [5.41, 5.74) is 6.59. The van der Waals surface area contributed by atoms with E-state index in [-0.39, 0.29) is 12.8 Å². The lowest BCUT2D eigenvalue weighted by molar-refractivity contribution is -0.181. The fourth-order valence-corrected chi connectivity index (χ4v) is 1.33. The standard InChI is InChI=1S/C10H15F3N2O/c1-8(14)4-9-2-3-15(5-9)7-16-6-10(11,12)13/h2-3,5,8H,4,6-7,14H2,1H3. The van der Waals surface area contributed by atoms with E-state index in [2.05, 4.69) is 4.74 Å². The summed E-state index contributed by atoms with van der Waals surface area (Å²) in [5, 5.41) is 0. The lowest BCUT2D eigenvalue weighted by Gasteiger charge is -2.08. The molecule has 1 heterocycles. The first-order chi connectivity index (χ1) is 7.37. The summed E-state index contributed by atoms with van der Waals surface area (Å²) in [5.74, 6) is 0. The number of nitrogens with two attached hydrogens (primary N) is 1. The van der Waals surface area contributed by atoms with Gasteiger partial charge in [0.15, 0.2) is 0 Å². The molecule has 0 saturated carbocycles. The van der Waals surface area contributed by atoms with Gasteiger partial charge in [-0.25, -0.2) is 0 Å². The molecule has 1 unspecified atom stereocenters. The van der Waals surface area contributed by atoms with Crippen molar-refractivity contribution in [2.75, 3.05) is 6.61 Å². The fourth-order valence-electron chi connectivity index (χ4n) is 1.33. The van der Waals surface area contributed by atoms with Gasteiger partial charge in [0.05, 0.1) is 0 Å². The summed E-state index contributed by atoms with van der Waals surface area (Å²) in [6.45, 7) is 0.545. The van der Waals surface area contributed by atoms with E-state index >= 15 is 0 Å². The summed E-state index contributed by atoms with van der Waals surface area (Å²) in [6.07, 6.45) is -0.165. The van der Waals surface area contributed by atoms with Crippen LogP contribution in [0.4, 0.5) is 13.2 Å². The third kappa shape index (κ3) is 5.18. The number of hydrogen-bond donors (Lipinski definition) is 1. The Labute approximate surface area is 92.0 Å². The van der Waals surface area contributed by atoms with Gasteiger partial charge in [-0.2, -0.15) is 13.2 Å². The highest BCUT2D eigenvalue weighted by Crippen LogP contribution is 2.14. The molecular weight excluding hydrogens is 221 g/mol. The molecule has 1 rings (SSSR count). The minimum atomic E-state index is -4.28. The predicted molar refractivity (Wildman–Crippen MR) is 53.8 cm³/mol. The molecule has 0 aromatic carbocycles. The molecule has 1 aromatic rings.